The monoisotopic (exact) mass is 215 g/mol. The van der Waals surface area contributed by atoms with E-state index in [0.29, 0.717) is 0 Å². The molecule has 0 atom stereocenters. The van der Waals surface area contributed by atoms with Gasteiger partial charge in [0.15, 0.2) is 0 Å². The van der Waals surface area contributed by atoms with E-state index in [-0.39, 0.29) is 6.04 Å². The second-order valence-corrected chi connectivity index (χ2v) is 3.93. The molecule has 0 unspecified atom stereocenters. The zero-order chi connectivity index (χ0) is 10.3. The first kappa shape index (κ1) is 8.96. The normalized spacial score (nSPS) is 13.7. The minimum absolute atomic E-state index is 0.124. The van der Waals surface area contributed by atoms with E-state index in [1.54, 1.807) is 0 Å². The van der Waals surface area contributed by atoms with Gasteiger partial charge in [-0.2, -0.15) is 0 Å². The first-order valence-electron chi connectivity index (χ1n) is 4.96. The van der Waals surface area contributed by atoms with Crippen molar-refractivity contribution in [3.63, 3.8) is 0 Å². The van der Waals surface area contributed by atoms with E-state index in [1.165, 1.54) is 22.3 Å². The van der Waals surface area contributed by atoms with Gasteiger partial charge in [-0.1, -0.05) is 48.5 Å². The van der Waals surface area contributed by atoms with Gasteiger partial charge in [-0.3, -0.25) is 0 Å². The number of fused-ring (bicyclic) bond motifs is 3. The number of nitrogens with one attached hydrogen (secondary N) is 1. The molecule has 0 heterocycles. The summed E-state index contributed by atoms with van der Waals surface area (Å²) < 4.78 is 0. The molecule has 1 aliphatic rings. The van der Waals surface area contributed by atoms with Crippen LogP contribution in [0.25, 0.3) is 11.1 Å². The van der Waals surface area contributed by atoms with Crippen LogP contribution in [0.15, 0.2) is 48.5 Å². The fraction of sp³-hybridized carbons (Fsp3) is 0.0769. The molecule has 2 aromatic carbocycles. The molecule has 0 radical (unpaired) electrons. The van der Waals surface area contributed by atoms with Crippen LogP contribution in [-0.4, -0.2) is 0 Å². The molecule has 0 spiro atoms. The van der Waals surface area contributed by atoms with Gasteiger partial charge in [-0.05, 0) is 34.0 Å². The topological polar surface area (TPSA) is 12.0 Å². The zero-order valence-electron chi connectivity index (χ0n) is 8.07. The number of rotatable bonds is 1. The maximum absolute atomic E-state index is 5.81. The molecule has 1 N–H and O–H groups in total. The van der Waals surface area contributed by atoms with Crippen molar-refractivity contribution in [2.45, 2.75) is 6.04 Å². The standard InChI is InChI=1S/C13H10ClN/c14-15-13-11-7-3-1-5-9(11)10-6-2-4-8-12(10)13/h1-8,13,15H. The van der Waals surface area contributed by atoms with Gasteiger partial charge in [0.2, 0.25) is 0 Å². The summed E-state index contributed by atoms with van der Waals surface area (Å²) in [6, 6.07) is 16.9. The van der Waals surface area contributed by atoms with Crippen molar-refractivity contribution in [1.29, 1.82) is 0 Å². The third-order valence-corrected chi connectivity index (χ3v) is 3.16. The van der Waals surface area contributed by atoms with E-state index in [2.05, 4.69) is 41.2 Å². The van der Waals surface area contributed by atoms with Gasteiger partial charge in [0.1, 0.15) is 0 Å². The molecule has 0 saturated carbocycles. The maximum atomic E-state index is 5.81. The summed E-state index contributed by atoms with van der Waals surface area (Å²) in [6.07, 6.45) is 0. The second kappa shape index (κ2) is 3.37. The van der Waals surface area contributed by atoms with Crippen LogP contribution in [0.1, 0.15) is 17.2 Å². The highest BCUT2D eigenvalue weighted by Gasteiger charge is 2.26. The highest BCUT2D eigenvalue weighted by molar-refractivity contribution is 6.14. The summed E-state index contributed by atoms with van der Waals surface area (Å²) in [5.41, 5.74) is 5.08. The summed E-state index contributed by atoms with van der Waals surface area (Å²) >= 11 is 5.81. The third kappa shape index (κ3) is 1.21. The van der Waals surface area contributed by atoms with E-state index in [4.69, 9.17) is 11.8 Å². The van der Waals surface area contributed by atoms with E-state index in [1.807, 2.05) is 12.1 Å². The highest BCUT2D eigenvalue weighted by atomic mass is 35.5. The van der Waals surface area contributed by atoms with Crippen molar-refractivity contribution in [3.8, 4) is 11.1 Å². The van der Waals surface area contributed by atoms with E-state index in [0.717, 1.165) is 0 Å². The van der Waals surface area contributed by atoms with Gasteiger partial charge in [-0.15, -0.1) is 0 Å². The summed E-state index contributed by atoms with van der Waals surface area (Å²) in [6.45, 7) is 0. The minimum Gasteiger partial charge on any atom is -0.222 e. The molecule has 0 aromatic heterocycles. The highest BCUT2D eigenvalue weighted by Crippen LogP contribution is 2.43. The van der Waals surface area contributed by atoms with Crippen LogP contribution in [0.4, 0.5) is 0 Å². The van der Waals surface area contributed by atoms with Crippen molar-refractivity contribution in [2.75, 3.05) is 0 Å². The van der Waals surface area contributed by atoms with Crippen molar-refractivity contribution < 1.29 is 0 Å². The molecular weight excluding hydrogens is 206 g/mol. The molecule has 1 aliphatic carbocycles. The number of hydrogen-bond acceptors (Lipinski definition) is 1. The van der Waals surface area contributed by atoms with Crippen LogP contribution in [0, 0.1) is 0 Å². The molecule has 0 bridgehead atoms. The molecule has 2 heteroatoms. The Morgan fingerprint density at radius 2 is 1.27 bits per heavy atom. The Hall–Kier alpha value is -1.31. The molecule has 3 rings (SSSR count). The summed E-state index contributed by atoms with van der Waals surface area (Å²) in [5, 5.41) is 0. The smallest absolute Gasteiger partial charge is 0.0732 e. The zero-order valence-corrected chi connectivity index (χ0v) is 8.83. The Kier molecular flexibility index (Phi) is 2.01. The van der Waals surface area contributed by atoms with Gasteiger partial charge in [0, 0.05) is 0 Å². The molecule has 0 saturated heterocycles. The number of hydrogen-bond donors (Lipinski definition) is 1. The van der Waals surface area contributed by atoms with Crippen molar-refractivity contribution in [3.05, 3.63) is 59.7 Å². The van der Waals surface area contributed by atoms with Crippen LogP contribution in [0.5, 0.6) is 0 Å². The SMILES string of the molecule is ClNC1c2ccccc2-c2ccccc21. The Labute approximate surface area is 93.8 Å². The predicted molar refractivity (Wildman–Crippen MR) is 62.7 cm³/mol. The average molecular weight is 216 g/mol. The fourth-order valence-corrected chi connectivity index (χ4v) is 2.51. The summed E-state index contributed by atoms with van der Waals surface area (Å²) in [7, 11) is 0. The lowest BCUT2D eigenvalue weighted by atomic mass is 10.1. The van der Waals surface area contributed by atoms with Crippen LogP contribution >= 0.6 is 11.8 Å². The van der Waals surface area contributed by atoms with Crippen molar-refractivity contribution in [1.82, 2.24) is 4.84 Å². The van der Waals surface area contributed by atoms with E-state index < -0.39 is 0 Å². The average Bonchev–Trinajstić information content (AvgIpc) is 2.63. The van der Waals surface area contributed by atoms with Gasteiger partial charge in [-0.25, -0.2) is 4.84 Å². The first-order valence-corrected chi connectivity index (χ1v) is 5.34. The molecule has 1 nitrogen and oxygen atoms in total. The Morgan fingerprint density at radius 3 is 1.73 bits per heavy atom. The lowest BCUT2D eigenvalue weighted by Crippen LogP contribution is -2.09. The lowest BCUT2D eigenvalue weighted by molar-refractivity contribution is 0.817. The van der Waals surface area contributed by atoms with Crippen LogP contribution in [0.3, 0.4) is 0 Å². The van der Waals surface area contributed by atoms with Crippen molar-refractivity contribution >= 4 is 11.8 Å². The molecular formula is C13H10ClN. The quantitative estimate of drug-likeness (QED) is 0.718. The molecule has 15 heavy (non-hydrogen) atoms. The molecule has 0 fully saturated rings. The van der Waals surface area contributed by atoms with Crippen LogP contribution in [-0.2, 0) is 0 Å². The van der Waals surface area contributed by atoms with Crippen molar-refractivity contribution in [2.24, 2.45) is 0 Å². The Balaban J connectivity index is 2.31. The fourth-order valence-electron chi connectivity index (χ4n) is 2.27. The Bertz CT molecular complexity index is 462. The van der Waals surface area contributed by atoms with Gasteiger partial charge in [0.25, 0.3) is 0 Å². The number of halogens is 1. The van der Waals surface area contributed by atoms with Gasteiger partial charge in [0.05, 0.1) is 6.04 Å². The van der Waals surface area contributed by atoms with Crippen LogP contribution < -0.4 is 4.84 Å². The van der Waals surface area contributed by atoms with Gasteiger partial charge < -0.3 is 0 Å². The largest absolute Gasteiger partial charge is 0.222 e. The Morgan fingerprint density at radius 1 is 0.800 bits per heavy atom. The number of benzene rings is 2. The first-order chi connectivity index (χ1) is 7.42. The van der Waals surface area contributed by atoms with Crippen LogP contribution in [0.2, 0.25) is 0 Å². The van der Waals surface area contributed by atoms with E-state index >= 15 is 0 Å². The maximum Gasteiger partial charge on any atom is 0.0732 e. The predicted octanol–water partition coefficient (Wildman–Crippen LogP) is 3.50. The summed E-state index contributed by atoms with van der Waals surface area (Å²) in [5.74, 6) is 0. The third-order valence-electron chi connectivity index (χ3n) is 2.94. The minimum atomic E-state index is 0.124. The molecule has 0 aliphatic heterocycles. The molecule has 0 amide bonds. The summed E-state index contributed by atoms with van der Waals surface area (Å²) in [4.78, 5) is 2.85. The van der Waals surface area contributed by atoms with E-state index in [9.17, 15) is 0 Å². The molecule has 74 valence electrons. The van der Waals surface area contributed by atoms with Gasteiger partial charge >= 0.3 is 0 Å². The molecule has 2 aromatic rings. The lowest BCUT2D eigenvalue weighted by Gasteiger charge is -2.09. The second-order valence-electron chi connectivity index (χ2n) is 3.72.